The molecule has 0 bridgehead atoms. The molecule has 1 aromatic heterocycles. The van der Waals surface area contributed by atoms with Crippen molar-refractivity contribution in [2.45, 2.75) is 19.5 Å². The van der Waals surface area contributed by atoms with E-state index in [0.29, 0.717) is 6.54 Å². The maximum absolute atomic E-state index is 12.3. The first kappa shape index (κ1) is 17.3. The summed E-state index contributed by atoms with van der Waals surface area (Å²) in [5.41, 5.74) is 0.859. The predicted octanol–water partition coefficient (Wildman–Crippen LogP) is 2.94. The fraction of sp³-hybridized carbons (Fsp3) is 0.353. The number of carbonyl (C=O) groups is 1. The van der Waals surface area contributed by atoms with Gasteiger partial charge in [-0.25, -0.2) is 4.79 Å². The van der Waals surface area contributed by atoms with Crippen molar-refractivity contribution in [1.82, 2.24) is 10.2 Å². The van der Waals surface area contributed by atoms with Crippen LogP contribution < -0.4 is 10.1 Å². The van der Waals surface area contributed by atoms with Crippen molar-refractivity contribution in [3.63, 3.8) is 0 Å². The van der Waals surface area contributed by atoms with Gasteiger partial charge >= 0.3 is 6.03 Å². The number of aliphatic hydroxyl groups excluding tert-OH is 1. The van der Waals surface area contributed by atoms with E-state index in [0.717, 1.165) is 16.2 Å². The minimum Gasteiger partial charge on any atom is -0.497 e. The molecule has 1 heterocycles. The first-order valence-corrected chi connectivity index (χ1v) is 8.17. The Hall–Kier alpha value is -2.05. The van der Waals surface area contributed by atoms with Gasteiger partial charge in [0.25, 0.3) is 0 Å². The van der Waals surface area contributed by atoms with Crippen LogP contribution in [0, 0.1) is 6.92 Å². The Labute approximate surface area is 140 Å². The van der Waals surface area contributed by atoms with Gasteiger partial charge in [0.15, 0.2) is 0 Å². The summed E-state index contributed by atoms with van der Waals surface area (Å²) in [6.07, 6.45) is 0. The predicted molar refractivity (Wildman–Crippen MR) is 91.9 cm³/mol. The molecule has 2 amide bonds. The summed E-state index contributed by atoms with van der Waals surface area (Å²) in [7, 11) is 3.28. The minimum absolute atomic E-state index is 0.144. The monoisotopic (exact) mass is 334 g/mol. The highest BCUT2D eigenvalue weighted by Crippen LogP contribution is 2.22. The number of rotatable bonds is 6. The van der Waals surface area contributed by atoms with Crippen LogP contribution in [0.4, 0.5) is 4.79 Å². The lowest BCUT2D eigenvalue weighted by Crippen LogP contribution is -2.40. The Morgan fingerprint density at radius 3 is 2.52 bits per heavy atom. The van der Waals surface area contributed by atoms with Gasteiger partial charge in [0, 0.05) is 16.8 Å². The fourth-order valence-corrected chi connectivity index (χ4v) is 3.12. The zero-order chi connectivity index (χ0) is 16.8. The number of aliphatic hydroxyl groups is 1. The Kier molecular flexibility index (Phi) is 6.01. The highest BCUT2D eigenvalue weighted by atomic mass is 32.1. The van der Waals surface area contributed by atoms with Crippen LogP contribution in [0.3, 0.4) is 0 Å². The number of thiophene rings is 1. The summed E-state index contributed by atoms with van der Waals surface area (Å²) in [6, 6.07) is 10.8. The molecule has 0 aliphatic carbocycles. The third-order valence-corrected chi connectivity index (χ3v) is 4.67. The van der Waals surface area contributed by atoms with E-state index in [2.05, 4.69) is 5.32 Å². The summed E-state index contributed by atoms with van der Waals surface area (Å²) in [4.78, 5) is 16.1. The second-order valence-electron chi connectivity index (χ2n) is 5.25. The Balaban J connectivity index is 1.99. The molecule has 1 atom stereocenters. The minimum atomic E-state index is -0.397. The molecule has 1 unspecified atom stereocenters. The number of nitrogens with zero attached hydrogens (tertiary/aromatic N) is 1. The zero-order valence-electron chi connectivity index (χ0n) is 13.6. The van der Waals surface area contributed by atoms with E-state index >= 15 is 0 Å². The van der Waals surface area contributed by atoms with Crippen LogP contribution in [0.15, 0.2) is 36.4 Å². The molecule has 0 aliphatic heterocycles. The molecule has 0 saturated heterocycles. The molecule has 6 heteroatoms. The number of carbonyl (C=O) groups excluding carboxylic acids is 1. The average Bonchev–Trinajstić information content (AvgIpc) is 2.99. The smallest absolute Gasteiger partial charge is 0.318 e. The first-order valence-electron chi connectivity index (χ1n) is 7.36. The van der Waals surface area contributed by atoms with Crippen molar-refractivity contribution in [3.05, 3.63) is 51.7 Å². The quantitative estimate of drug-likeness (QED) is 0.854. The molecule has 2 aromatic rings. The average molecular weight is 334 g/mol. The summed E-state index contributed by atoms with van der Waals surface area (Å²) in [5, 5.41) is 12.5. The van der Waals surface area contributed by atoms with Crippen LogP contribution in [-0.2, 0) is 6.54 Å². The maximum Gasteiger partial charge on any atom is 0.318 e. The third-order valence-electron chi connectivity index (χ3n) is 3.67. The van der Waals surface area contributed by atoms with Crippen molar-refractivity contribution < 1.29 is 14.6 Å². The van der Waals surface area contributed by atoms with Crippen LogP contribution >= 0.6 is 11.3 Å². The summed E-state index contributed by atoms with van der Waals surface area (Å²) in [5.74, 6) is 0.741. The summed E-state index contributed by atoms with van der Waals surface area (Å²) >= 11 is 1.66. The van der Waals surface area contributed by atoms with Gasteiger partial charge in [-0.2, -0.15) is 0 Å². The lowest BCUT2D eigenvalue weighted by molar-refractivity contribution is 0.149. The van der Waals surface area contributed by atoms with Gasteiger partial charge in [-0.05, 0) is 36.8 Å². The van der Waals surface area contributed by atoms with Crippen LogP contribution in [0.5, 0.6) is 5.75 Å². The second-order valence-corrected chi connectivity index (χ2v) is 6.63. The van der Waals surface area contributed by atoms with E-state index in [4.69, 9.17) is 4.74 Å². The summed E-state index contributed by atoms with van der Waals surface area (Å²) in [6.45, 7) is 2.38. The Bertz CT molecular complexity index is 640. The van der Waals surface area contributed by atoms with E-state index < -0.39 is 6.04 Å². The van der Waals surface area contributed by atoms with Crippen LogP contribution in [0.1, 0.15) is 21.4 Å². The molecule has 1 aromatic carbocycles. The number of urea groups is 1. The van der Waals surface area contributed by atoms with E-state index in [1.165, 1.54) is 9.78 Å². The Morgan fingerprint density at radius 1 is 1.30 bits per heavy atom. The number of benzene rings is 1. The highest BCUT2D eigenvalue weighted by molar-refractivity contribution is 7.11. The number of nitrogens with one attached hydrogen (secondary N) is 1. The van der Waals surface area contributed by atoms with Gasteiger partial charge in [0.05, 0.1) is 26.3 Å². The number of methoxy groups -OCH3 is 1. The molecule has 0 fully saturated rings. The lowest BCUT2D eigenvalue weighted by atomic mass is 10.1. The van der Waals surface area contributed by atoms with E-state index in [1.807, 2.05) is 43.3 Å². The van der Waals surface area contributed by atoms with E-state index in [-0.39, 0.29) is 12.6 Å². The molecule has 5 nitrogen and oxygen atoms in total. The third kappa shape index (κ3) is 4.46. The van der Waals surface area contributed by atoms with Gasteiger partial charge in [-0.3, -0.25) is 0 Å². The molecule has 0 radical (unpaired) electrons. The van der Waals surface area contributed by atoms with Crippen LogP contribution in [-0.4, -0.2) is 36.8 Å². The molecule has 23 heavy (non-hydrogen) atoms. The molecule has 0 aliphatic rings. The van der Waals surface area contributed by atoms with Gasteiger partial charge in [-0.1, -0.05) is 12.1 Å². The highest BCUT2D eigenvalue weighted by Gasteiger charge is 2.21. The number of likely N-dealkylation sites (N-methyl/N-ethyl adjacent to an activating group) is 1. The fourth-order valence-electron chi connectivity index (χ4n) is 2.29. The Morgan fingerprint density at radius 2 is 2.00 bits per heavy atom. The van der Waals surface area contributed by atoms with Crippen molar-refractivity contribution >= 4 is 17.4 Å². The van der Waals surface area contributed by atoms with Gasteiger partial charge in [-0.15, -0.1) is 11.3 Å². The topological polar surface area (TPSA) is 61.8 Å². The summed E-state index contributed by atoms with van der Waals surface area (Å²) < 4.78 is 5.13. The maximum atomic E-state index is 12.3. The number of hydrogen-bond acceptors (Lipinski definition) is 4. The normalized spacial score (nSPS) is 11.8. The molecule has 2 N–H and O–H groups in total. The molecule has 0 spiro atoms. The number of aryl methyl sites for hydroxylation is 1. The molecular weight excluding hydrogens is 312 g/mol. The molecular formula is C17H22N2O3S. The zero-order valence-corrected chi connectivity index (χ0v) is 14.4. The largest absolute Gasteiger partial charge is 0.497 e. The van der Waals surface area contributed by atoms with Gasteiger partial charge < -0.3 is 20.1 Å². The molecule has 0 saturated carbocycles. The first-order chi connectivity index (χ1) is 11.0. The van der Waals surface area contributed by atoms with Crippen molar-refractivity contribution in [1.29, 1.82) is 0 Å². The lowest BCUT2D eigenvalue weighted by Gasteiger charge is -2.27. The van der Waals surface area contributed by atoms with Gasteiger partial charge in [0.1, 0.15) is 5.75 Å². The number of ether oxygens (including phenoxy) is 1. The van der Waals surface area contributed by atoms with Crippen molar-refractivity contribution in [2.75, 3.05) is 20.8 Å². The van der Waals surface area contributed by atoms with Gasteiger partial charge in [0.2, 0.25) is 0 Å². The molecule has 2 rings (SSSR count). The van der Waals surface area contributed by atoms with E-state index in [9.17, 15) is 9.90 Å². The second kappa shape index (κ2) is 7.99. The van der Waals surface area contributed by atoms with Crippen LogP contribution in [0.2, 0.25) is 0 Å². The SMILES string of the molecule is COc1ccc(C(CO)N(C)C(=O)NCc2ccc(C)s2)cc1. The molecule has 124 valence electrons. The standard InChI is InChI=1S/C17H22N2O3S/c1-12-4-9-15(23-12)10-18-17(21)19(2)16(11-20)13-5-7-14(22-3)8-6-13/h4-9,16,20H,10-11H2,1-3H3,(H,18,21). The number of hydrogen-bond donors (Lipinski definition) is 2. The van der Waals surface area contributed by atoms with Crippen LogP contribution in [0.25, 0.3) is 0 Å². The number of amides is 2. The van der Waals surface area contributed by atoms with Crippen molar-refractivity contribution in [3.8, 4) is 5.75 Å². The van der Waals surface area contributed by atoms with Crippen molar-refractivity contribution in [2.24, 2.45) is 0 Å². The van der Waals surface area contributed by atoms with E-state index in [1.54, 1.807) is 25.5 Å².